The number of nitrogens with zero attached hydrogens (tertiary/aromatic N) is 5. The summed E-state index contributed by atoms with van der Waals surface area (Å²) in [7, 11) is 0. The molecule has 0 bridgehead atoms. The highest BCUT2D eigenvalue weighted by Crippen LogP contribution is 2.30. The van der Waals surface area contributed by atoms with E-state index in [4.69, 9.17) is 4.98 Å². The van der Waals surface area contributed by atoms with Gasteiger partial charge in [0.05, 0.1) is 60.3 Å². The van der Waals surface area contributed by atoms with Crippen LogP contribution < -0.4 is 0 Å². The Labute approximate surface area is 265 Å². The molecule has 0 amide bonds. The Bertz CT molecular complexity index is 1580. The van der Waals surface area contributed by atoms with Gasteiger partial charge >= 0.3 is 23.9 Å². The molecule has 0 aliphatic heterocycles. The average Bonchev–Trinajstić information content (AvgIpc) is 2.96. The standard InChI is InChI=1S/C31H28BrN5O8/c32-21-9-7-19(8-10-21)20-11-26(24-5-1-3-22(33-24)13-36(15-28(38)39)16-29(40)41)35-27(12-20)25-6-2-4-23(34-25)14-37(17-30(42)43)18-31(44)45/h1-12H,13-18H2,(H,38,39)(H,40,41)(H,42,43)(H,44,45). The normalized spacial score (nSPS) is 11.1. The summed E-state index contributed by atoms with van der Waals surface area (Å²) in [6.45, 7) is -1.93. The van der Waals surface area contributed by atoms with Crippen LogP contribution in [0.25, 0.3) is 33.9 Å². The lowest BCUT2D eigenvalue weighted by atomic mass is 10.0. The number of carboxylic acids is 4. The van der Waals surface area contributed by atoms with Crippen molar-refractivity contribution < 1.29 is 39.6 Å². The Morgan fingerprint density at radius 1 is 0.533 bits per heavy atom. The summed E-state index contributed by atoms with van der Waals surface area (Å²) < 4.78 is 0.893. The van der Waals surface area contributed by atoms with Crippen LogP contribution in [-0.2, 0) is 32.3 Å². The maximum absolute atomic E-state index is 11.3. The molecule has 13 nitrogen and oxygen atoms in total. The molecule has 3 aromatic heterocycles. The topological polar surface area (TPSA) is 194 Å². The summed E-state index contributed by atoms with van der Waals surface area (Å²) in [5.74, 6) is -4.65. The molecule has 0 unspecified atom stereocenters. The molecule has 4 rings (SSSR count). The molecule has 4 N–H and O–H groups in total. The molecule has 0 atom stereocenters. The van der Waals surface area contributed by atoms with Crippen LogP contribution in [0.3, 0.4) is 0 Å². The van der Waals surface area contributed by atoms with Crippen LogP contribution in [0.4, 0.5) is 0 Å². The van der Waals surface area contributed by atoms with E-state index in [-0.39, 0.29) is 13.1 Å². The molecule has 0 saturated heterocycles. The van der Waals surface area contributed by atoms with Crippen molar-refractivity contribution in [2.45, 2.75) is 13.1 Å². The summed E-state index contributed by atoms with van der Waals surface area (Å²) in [4.78, 5) is 61.8. The van der Waals surface area contributed by atoms with Gasteiger partial charge in [0.2, 0.25) is 0 Å². The number of aliphatic carboxylic acids is 4. The number of rotatable bonds is 15. The van der Waals surface area contributed by atoms with Gasteiger partial charge in [-0.2, -0.15) is 0 Å². The van der Waals surface area contributed by atoms with Crippen LogP contribution in [0, 0.1) is 0 Å². The number of hydrogen-bond donors (Lipinski definition) is 4. The molecule has 0 radical (unpaired) electrons. The fourth-order valence-electron chi connectivity index (χ4n) is 4.58. The number of halogens is 1. The first-order chi connectivity index (χ1) is 21.4. The van der Waals surface area contributed by atoms with Crippen molar-refractivity contribution in [2.75, 3.05) is 26.2 Å². The van der Waals surface area contributed by atoms with E-state index in [1.807, 2.05) is 36.4 Å². The number of pyridine rings is 3. The zero-order valence-electron chi connectivity index (χ0n) is 23.7. The molecule has 3 heterocycles. The third-order valence-electron chi connectivity index (χ3n) is 6.35. The van der Waals surface area contributed by atoms with E-state index in [1.165, 1.54) is 9.80 Å². The number of hydrogen-bond acceptors (Lipinski definition) is 9. The van der Waals surface area contributed by atoms with Crippen LogP contribution in [0.1, 0.15) is 11.4 Å². The number of benzene rings is 1. The van der Waals surface area contributed by atoms with Crippen LogP contribution in [0.2, 0.25) is 0 Å². The molecular formula is C31H28BrN5O8. The molecule has 14 heteroatoms. The van der Waals surface area contributed by atoms with Gasteiger partial charge in [0.15, 0.2) is 0 Å². The smallest absolute Gasteiger partial charge is 0.317 e. The molecule has 0 fully saturated rings. The third-order valence-corrected chi connectivity index (χ3v) is 6.88. The number of carboxylic acid groups (broad SMARTS) is 4. The first-order valence-corrected chi connectivity index (χ1v) is 14.3. The quantitative estimate of drug-likeness (QED) is 0.143. The predicted molar refractivity (Wildman–Crippen MR) is 165 cm³/mol. The second-order valence-electron chi connectivity index (χ2n) is 10.0. The maximum Gasteiger partial charge on any atom is 0.317 e. The van der Waals surface area contributed by atoms with Gasteiger partial charge in [-0.15, -0.1) is 0 Å². The van der Waals surface area contributed by atoms with Crippen LogP contribution in [0.5, 0.6) is 0 Å². The van der Waals surface area contributed by atoms with Gasteiger partial charge in [-0.05, 0) is 59.7 Å². The highest BCUT2D eigenvalue weighted by molar-refractivity contribution is 9.10. The second-order valence-corrected chi connectivity index (χ2v) is 10.9. The summed E-state index contributed by atoms with van der Waals surface area (Å²) in [5.41, 5.74) is 4.43. The van der Waals surface area contributed by atoms with Gasteiger partial charge in [0, 0.05) is 17.6 Å². The largest absolute Gasteiger partial charge is 0.480 e. The minimum atomic E-state index is -1.16. The Hall–Kier alpha value is -5.05. The zero-order chi connectivity index (χ0) is 32.5. The summed E-state index contributed by atoms with van der Waals surface area (Å²) in [6.07, 6.45) is 0. The first-order valence-electron chi connectivity index (χ1n) is 13.5. The van der Waals surface area contributed by atoms with Crippen molar-refractivity contribution in [3.05, 3.63) is 88.7 Å². The lowest BCUT2D eigenvalue weighted by molar-refractivity contribution is -0.144. The molecule has 0 aliphatic carbocycles. The highest BCUT2D eigenvalue weighted by Gasteiger charge is 2.18. The maximum atomic E-state index is 11.3. The summed E-state index contributed by atoms with van der Waals surface area (Å²) in [6, 6.07) is 21.6. The van der Waals surface area contributed by atoms with Crippen molar-refractivity contribution >= 4 is 39.8 Å². The Morgan fingerprint density at radius 2 is 0.933 bits per heavy atom. The van der Waals surface area contributed by atoms with Crippen molar-refractivity contribution in [3.63, 3.8) is 0 Å². The van der Waals surface area contributed by atoms with Gasteiger partial charge < -0.3 is 20.4 Å². The van der Waals surface area contributed by atoms with E-state index in [9.17, 15) is 39.6 Å². The fourth-order valence-corrected chi connectivity index (χ4v) is 4.85. The van der Waals surface area contributed by atoms with E-state index in [1.54, 1.807) is 36.4 Å². The molecule has 45 heavy (non-hydrogen) atoms. The molecule has 0 saturated carbocycles. The minimum Gasteiger partial charge on any atom is -0.480 e. The minimum absolute atomic E-state index is 0.0154. The Balaban J connectivity index is 1.75. The molecule has 0 aliphatic rings. The fraction of sp³-hybridized carbons (Fsp3) is 0.194. The lowest BCUT2D eigenvalue weighted by Gasteiger charge is -2.18. The van der Waals surface area contributed by atoms with Gasteiger partial charge in [0.25, 0.3) is 0 Å². The van der Waals surface area contributed by atoms with Crippen molar-refractivity contribution in [2.24, 2.45) is 0 Å². The van der Waals surface area contributed by atoms with E-state index in [2.05, 4.69) is 25.9 Å². The number of aromatic nitrogens is 3. The van der Waals surface area contributed by atoms with Crippen LogP contribution in [0.15, 0.2) is 77.3 Å². The van der Waals surface area contributed by atoms with Crippen LogP contribution >= 0.6 is 15.9 Å². The molecule has 4 aromatic rings. The zero-order valence-corrected chi connectivity index (χ0v) is 25.3. The van der Waals surface area contributed by atoms with Crippen molar-refractivity contribution in [3.8, 4) is 33.9 Å². The highest BCUT2D eigenvalue weighted by atomic mass is 79.9. The SMILES string of the molecule is O=C(O)CN(CC(=O)O)Cc1cccc(-c2cc(-c3ccc(Br)cc3)cc(-c3cccc(CN(CC(=O)O)CC(=O)O)n3)n2)n1. The van der Waals surface area contributed by atoms with Crippen LogP contribution in [-0.4, -0.2) is 95.2 Å². The van der Waals surface area contributed by atoms with Gasteiger partial charge in [-0.1, -0.05) is 40.2 Å². The van der Waals surface area contributed by atoms with Gasteiger partial charge in [-0.25, -0.2) is 15.0 Å². The van der Waals surface area contributed by atoms with E-state index in [0.29, 0.717) is 34.2 Å². The van der Waals surface area contributed by atoms with Crippen molar-refractivity contribution in [1.29, 1.82) is 0 Å². The van der Waals surface area contributed by atoms with Gasteiger partial charge in [-0.3, -0.25) is 29.0 Å². The summed E-state index contributed by atoms with van der Waals surface area (Å²) >= 11 is 3.45. The average molecular weight is 678 g/mol. The Morgan fingerprint density at radius 3 is 1.31 bits per heavy atom. The predicted octanol–water partition coefficient (Wildman–Crippen LogP) is 3.58. The van der Waals surface area contributed by atoms with E-state index >= 15 is 0 Å². The number of carbonyl (C=O) groups is 4. The molecule has 0 spiro atoms. The lowest BCUT2D eigenvalue weighted by Crippen LogP contribution is -2.34. The second kappa shape index (κ2) is 15.1. The summed E-state index contributed by atoms with van der Waals surface area (Å²) in [5, 5.41) is 36.9. The van der Waals surface area contributed by atoms with E-state index in [0.717, 1.165) is 15.6 Å². The van der Waals surface area contributed by atoms with E-state index < -0.39 is 50.1 Å². The molecular weight excluding hydrogens is 650 g/mol. The molecule has 232 valence electrons. The van der Waals surface area contributed by atoms with Gasteiger partial charge in [0.1, 0.15) is 0 Å². The molecule has 1 aromatic carbocycles. The first kappa shape index (κ1) is 32.9. The third kappa shape index (κ3) is 9.99. The Kier molecular flexibility index (Phi) is 11.0. The van der Waals surface area contributed by atoms with Crippen molar-refractivity contribution in [1.82, 2.24) is 24.8 Å². The monoisotopic (exact) mass is 677 g/mol.